The van der Waals surface area contributed by atoms with Gasteiger partial charge in [-0.25, -0.2) is 0 Å². The Kier molecular flexibility index (Phi) is 5.20. The molecule has 7 heteroatoms. The molecule has 2 aromatic heterocycles. The van der Waals surface area contributed by atoms with Gasteiger partial charge in [0.05, 0.1) is 5.75 Å². The molecule has 0 saturated carbocycles. The molecule has 0 bridgehead atoms. The van der Waals surface area contributed by atoms with E-state index in [1.54, 1.807) is 0 Å². The summed E-state index contributed by atoms with van der Waals surface area (Å²) < 4.78 is 16.6. The lowest BCUT2D eigenvalue weighted by molar-refractivity contribution is 0.252. The Morgan fingerprint density at radius 2 is 1.81 bits per heavy atom. The van der Waals surface area contributed by atoms with E-state index in [4.69, 9.17) is 13.7 Å². The standard InChI is InChI=1S/C20H17N3O3S/c1-14-7-9-16(10-8-14)24-12-19-21-22-20(25-19)27-13-17-11-18(23-26-17)15-5-3-2-4-6-15/h2-11H,12-13H2,1H3. The first-order valence-corrected chi connectivity index (χ1v) is 9.40. The van der Waals surface area contributed by atoms with Gasteiger partial charge in [-0.2, -0.15) is 0 Å². The number of nitrogens with zero attached hydrogens (tertiary/aromatic N) is 3. The molecular formula is C20H17N3O3S. The predicted octanol–water partition coefficient (Wildman–Crippen LogP) is 4.90. The lowest BCUT2D eigenvalue weighted by Gasteiger charge is -2.02. The van der Waals surface area contributed by atoms with Gasteiger partial charge in [0, 0.05) is 11.6 Å². The second-order valence-electron chi connectivity index (χ2n) is 5.90. The Balaban J connectivity index is 1.31. The van der Waals surface area contributed by atoms with Crippen molar-refractivity contribution in [1.82, 2.24) is 15.4 Å². The Hall–Kier alpha value is -3.06. The zero-order valence-corrected chi connectivity index (χ0v) is 15.5. The third-order valence-electron chi connectivity index (χ3n) is 3.80. The third-order valence-corrected chi connectivity index (χ3v) is 4.64. The molecule has 27 heavy (non-hydrogen) atoms. The number of ether oxygens (including phenoxy) is 1. The first kappa shape index (κ1) is 17.4. The molecule has 0 fully saturated rings. The van der Waals surface area contributed by atoms with Crippen LogP contribution in [-0.2, 0) is 12.4 Å². The summed E-state index contributed by atoms with van der Waals surface area (Å²) in [4.78, 5) is 0. The average molecular weight is 379 g/mol. The molecule has 0 saturated heterocycles. The van der Waals surface area contributed by atoms with Crippen molar-refractivity contribution in [1.29, 1.82) is 0 Å². The molecule has 0 unspecified atom stereocenters. The van der Waals surface area contributed by atoms with Gasteiger partial charge < -0.3 is 13.7 Å². The third kappa shape index (κ3) is 4.57. The normalized spacial score (nSPS) is 10.9. The van der Waals surface area contributed by atoms with Crippen LogP contribution in [0.5, 0.6) is 5.75 Å². The van der Waals surface area contributed by atoms with Gasteiger partial charge in [0.25, 0.3) is 11.1 Å². The van der Waals surface area contributed by atoms with Crippen molar-refractivity contribution in [2.24, 2.45) is 0 Å². The minimum atomic E-state index is 0.233. The quantitative estimate of drug-likeness (QED) is 0.423. The predicted molar refractivity (Wildman–Crippen MR) is 101 cm³/mol. The summed E-state index contributed by atoms with van der Waals surface area (Å²) in [5.74, 6) is 2.50. The van der Waals surface area contributed by atoms with E-state index in [2.05, 4.69) is 15.4 Å². The Morgan fingerprint density at radius 3 is 2.63 bits per heavy atom. The van der Waals surface area contributed by atoms with E-state index in [-0.39, 0.29) is 6.61 Å². The van der Waals surface area contributed by atoms with Crippen molar-refractivity contribution in [3.8, 4) is 17.0 Å². The van der Waals surface area contributed by atoms with Gasteiger partial charge in [-0.15, -0.1) is 10.2 Å². The Labute approximate surface area is 160 Å². The molecule has 0 spiro atoms. The largest absolute Gasteiger partial charge is 0.484 e. The molecular weight excluding hydrogens is 362 g/mol. The molecule has 2 heterocycles. The van der Waals surface area contributed by atoms with E-state index in [1.165, 1.54) is 17.3 Å². The molecule has 2 aromatic carbocycles. The summed E-state index contributed by atoms with van der Waals surface area (Å²) in [6, 6.07) is 19.6. The van der Waals surface area contributed by atoms with Gasteiger partial charge in [0.15, 0.2) is 6.61 Å². The fourth-order valence-electron chi connectivity index (χ4n) is 2.39. The minimum absolute atomic E-state index is 0.233. The first-order valence-electron chi connectivity index (χ1n) is 8.42. The number of rotatable bonds is 7. The number of hydrogen-bond acceptors (Lipinski definition) is 7. The van der Waals surface area contributed by atoms with Crippen molar-refractivity contribution in [3.63, 3.8) is 0 Å². The highest BCUT2D eigenvalue weighted by molar-refractivity contribution is 7.98. The van der Waals surface area contributed by atoms with Gasteiger partial charge in [0.1, 0.15) is 17.2 Å². The summed E-state index contributed by atoms with van der Waals surface area (Å²) in [5, 5.41) is 12.6. The van der Waals surface area contributed by atoms with Crippen LogP contribution in [0.15, 0.2) is 74.8 Å². The molecule has 0 aliphatic heterocycles. The number of benzene rings is 2. The zero-order valence-electron chi connectivity index (χ0n) is 14.7. The molecule has 0 amide bonds. The van der Waals surface area contributed by atoms with Crippen molar-refractivity contribution in [2.75, 3.05) is 0 Å². The molecule has 0 aliphatic carbocycles. The number of aryl methyl sites for hydroxylation is 1. The van der Waals surface area contributed by atoms with E-state index in [1.807, 2.05) is 67.6 Å². The summed E-state index contributed by atoms with van der Waals surface area (Å²) in [7, 11) is 0. The maximum absolute atomic E-state index is 5.64. The van der Waals surface area contributed by atoms with Crippen LogP contribution in [0.2, 0.25) is 0 Å². The fourth-order valence-corrected chi connectivity index (χ4v) is 3.05. The highest BCUT2D eigenvalue weighted by Crippen LogP contribution is 2.25. The number of thioether (sulfide) groups is 1. The van der Waals surface area contributed by atoms with Gasteiger partial charge in [-0.3, -0.25) is 0 Å². The molecule has 0 aliphatic rings. The van der Waals surface area contributed by atoms with E-state index in [0.29, 0.717) is 16.9 Å². The maximum Gasteiger partial charge on any atom is 0.277 e. The highest BCUT2D eigenvalue weighted by atomic mass is 32.2. The molecule has 136 valence electrons. The van der Waals surface area contributed by atoms with Crippen LogP contribution < -0.4 is 4.74 Å². The second kappa shape index (κ2) is 8.09. The van der Waals surface area contributed by atoms with E-state index < -0.39 is 0 Å². The van der Waals surface area contributed by atoms with Crippen LogP contribution in [0.3, 0.4) is 0 Å². The van der Waals surface area contributed by atoms with Crippen molar-refractivity contribution in [2.45, 2.75) is 24.5 Å². The second-order valence-corrected chi connectivity index (χ2v) is 6.82. The van der Waals surface area contributed by atoms with Crippen LogP contribution in [-0.4, -0.2) is 15.4 Å². The molecule has 0 radical (unpaired) electrons. The van der Waals surface area contributed by atoms with Gasteiger partial charge in [-0.05, 0) is 19.1 Å². The minimum Gasteiger partial charge on any atom is -0.484 e. The Bertz CT molecular complexity index is 997. The van der Waals surface area contributed by atoms with Gasteiger partial charge in [-0.1, -0.05) is 64.9 Å². The number of hydrogen-bond donors (Lipinski definition) is 0. The zero-order chi connectivity index (χ0) is 18.5. The molecule has 6 nitrogen and oxygen atoms in total. The summed E-state index contributed by atoms with van der Waals surface area (Å²) >= 11 is 1.40. The molecule has 4 aromatic rings. The van der Waals surface area contributed by atoms with Crippen molar-refractivity contribution < 1.29 is 13.7 Å². The van der Waals surface area contributed by atoms with Crippen LogP contribution in [0, 0.1) is 6.92 Å². The molecule has 0 N–H and O–H groups in total. The molecule has 4 rings (SSSR count). The van der Waals surface area contributed by atoms with Gasteiger partial charge >= 0.3 is 0 Å². The van der Waals surface area contributed by atoms with Gasteiger partial charge in [0.2, 0.25) is 0 Å². The lowest BCUT2D eigenvalue weighted by Crippen LogP contribution is -1.95. The average Bonchev–Trinajstić information content (AvgIpc) is 3.36. The monoisotopic (exact) mass is 379 g/mol. The van der Waals surface area contributed by atoms with Crippen LogP contribution >= 0.6 is 11.8 Å². The van der Waals surface area contributed by atoms with Crippen LogP contribution in [0.4, 0.5) is 0 Å². The van der Waals surface area contributed by atoms with Crippen LogP contribution in [0.25, 0.3) is 11.3 Å². The maximum atomic E-state index is 5.64. The SMILES string of the molecule is Cc1ccc(OCc2nnc(SCc3cc(-c4ccccc4)no3)o2)cc1. The van der Waals surface area contributed by atoms with Crippen molar-refractivity contribution in [3.05, 3.63) is 77.9 Å². The summed E-state index contributed by atoms with van der Waals surface area (Å²) in [5.41, 5.74) is 3.01. The first-order chi connectivity index (χ1) is 13.3. The topological polar surface area (TPSA) is 74.2 Å². The highest BCUT2D eigenvalue weighted by Gasteiger charge is 2.11. The smallest absolute Gasteiger partial charge is 0.277 e. The lowest BCUT2D eigenvalue weighted by atomic mass is 10.1. The number of aromatic nitrogens is 3. The Morgan fingerprint density at radius 1 is 1.00 bits per heavy atom. The van der Waals surface area contributed by atoms with E-state index in [9.17, 15) is 0 Å². The fraction of sp³-hybridized carbons (Fsp3) is 0.150. The summed E-state index contributed by atoms with van der Waals surface area (Å²) in [6.07, 6.45) is 0. The van der Waals surface area contributed by atoms with E-state index >= 15 is 0 Å². The van der Waals surface area contributed by atoms with Crippen molar-refractivity contribution >= 4 is 11.8 Å². The molecule has 0 atom stereocenters. The van der Waals surface area contributed by atoms with E-state index in [0.717, 1.165) is 22.8 Å². The summed E-state index contributed by atoms with van der Waals surface area (Å²) in [6.45, 7) is 2.26. The van der Waals surface area contributed by atoms with Crippen LogP contribution in [0.1, 0.15) is 17.2 Å².